The van der Waals surface area contributed by atoms with E-state index in [0.29, 0.717) is 6.04 Å². The van der Waals surface area contributed by atoms with Gasteiger partial charge in [0.25, 0.3) is 0 Å². The summed E-state index contributed by atoms with van der Waals surface area (Å²) in [6, 6.07) is 10.5. The minimum absolute atomic E-state index is 0.417. The zero-order valence-electron chi connectivity index (χ0n) is 14.3. The maximum atomic E-state index is 9.04. The first kappa shape index (κ1) is 16.4. The zero-order valence-corrected chi connectivity index (χ0v) is 14.3. The summed E-state index contributed by atoms with van der Waals surface area (Å²) in [7, 11) is 2.08. The van der Waals surface area contributed by atoms with E-state index in [1.54, 1.807) is 0 Å². The summed E-state index contributed by atoms with van der Waals surface area (Å²) >= 11 is 0. The lowest BCUT2D eigenvalue weighted by molar-refractivity contribution is 0.198. The van der Waals surface area contributed by atoms with E-state index in [2.05, 4.69) is 39.0 Å². The Bertz CT molecular complexity index is 719. The van der Waals surface area contributed by atoms with Crippen molar-refractivity contribution in [2.24, 2.45) is 0 Å². The van der Waals surface area contributed by atoms with Gasteiger partial charge in [0.2, 0.25) is 5.95 Å². The second kappa shape index (κ2) is 7.41. The Morgan fingerprint density at radius 3 is 2.88 bits per heavy atom. The Kier molecular flexibility index (Phi) is 5.07. The van der Waals surface area contributed by atoms with Gasteiger partial charge in [-0.2, -0.15) is 5.26 Å². The van der Waals surface area contributed by atoms with Crippen molar-refractivity contribution in [3.63, 3.8) is 0 Å². The number of hydrogen-bond donors (Lipinski definition) is 0. The predicted molar refractivity (Wildman–Crippen MR) is 94.6 cm³/mol. The quantitative estimate of drug-likeness (QED) is 0.866. The van der Waals surface area contributed by atoms with Gasteiger partial charge in [-0.05, 0) is 49.6 Å². The third-order valence-electron chi connectivity index (χ3n) is 4.57. The normalized spacial score (nSPS) is 18.1. The number of nitriles is 1. The summed E-state index contributed by atoms with van der Waals surface area (Å²) in [5, 5.41) is 9.04. The molecule has 1 aromatic heterocycles. The lowest BCUT2D eigenvalue weighted by atomic mass is 10.0. The molecule has 5 nitrogen and oxygen atoms in total. The molecule has 0 N–H and O–H groups in total. The van der Waals surface area contributed by atoms with Gasteiger partial charge in [-0.1, -0.05) is 12.1 Å². The van der Waals surface area contributed by atoms with Crippen molar-refractivity contribution in [2.45, 2.75) is 32.4 Å². The highest BCUT2D eigenvalue weighted by molar-refractivity contribution is 5.33. The van der Waals surface area contributed by atoms with Crippen molar-refractivity contribution in [1.82, 2.24) is 14.9 Å². The molecule has 24 heavy (non-hydrogen) atoms. The fourth-order valence-corrected chi connectivity index (χ4v) is 3.22. The van der Waals surface area contributed by atoms with E-state index in [1.807, 2.05) is 37.5 Å². The molecule has 2 heterocycles. The maximum Gasteiger partial charge on any atom is 0.225 e. The summed E-state index contributed by atoms with van der Waals surface area (Å²) in [6.07, 6.45) is 6.06. The van der Waals surface area contributed by atoms with Gasteiger partial charge in [-0.3, -0.25) is 4.90 Å². The third kappa shape index (κ3) is 3.90. The highest BCUT2D eigenvalue weighted by atomic mass is 15.3. The molecule has 2 aromatic rings. The molecule has 1 saturated heterocycles. The van der Waals surface area contributed by atoms with Crippen molar-refractivity contribution < 1.29 is 0 Å². The molecule has 0 bridgehead atoms. The van der Waals surface area contributed by atoms with Gasteiger partial charge in [-0.15, -0.1) is 0 Å². The minimum Gasteiger partial charge on any atom is -0.340 e. The number of hydrogen-bond acceptors (Lipinski definition) is 5. The molecule has 0 saturated carbocycles. The largest absolute Gasteiger partial charge is 0.340 e. The van der Waals surface area contributed by atoms with Crippen molar-refractivity contribution in [2.75, 3.05) is 25.0 Å². The number of rotatable bonds is 4. The van der Waals surface area contributed by atoms with E-state index in [4.69, 9.17) is 5.26 Å². The lowest BCUT2D eigenvalue weighted by Gasteiger charge is -2.37. The molecule has 0 amide bonds. The number of nitrogens with zero attached hydrogens (tertiary/aromatic N) is 5. The molecular weight excluding hydrogens is 298 g/mol. The molecule has 0 spiro atoms. The SMILES string of the molecule is Cc1cnc(N(C)C2CCCN(Cc3cccc(C#N)c3)C2)nc1. The average molecular weight is 321 g/mol. The molecule has 1 aliphatic rings. The lowest BCUT2D eigenvalue weighted by Crippen LogP contribution is -2.46. The molecular formula is C19H23N5. The highest BCUT2D eigenvalue weighted by Gasteiger charge is 2.24. The fourth-order valence-electron chi connectivity index (χ4n) is 3.22. The van der Waals surface area contributed by atoms with Crippen LogP contribution in [-0.4, -0.2) is 41.0 Å². The topological polar surface area (TPSA) is 56.1 Å². The van der Waals surface area contributed by atoms with Crippen LogP contribution in [0.2, 0.25) is 0 Å². The van der Waals surface area contributed by atoms with Crippen LogP contribution in [0.5, 0.6) is 0 Å². The van der Waals surface area contributed by atoms with Gasteiger partial charge in [0.05, 0.1) is 11.6 Å². The Balaban J connectivity index is 1.65. The number of anilines is 1. The van der Waals surface area contributed by atoms with Crippen LogP contribution in [0.25, 0.3) is 0 Å². The molecule has 0 aliphatic carbocycles. The second-order valence-corrected chi connectivity index (χ2v) is 6.51. The van der Waals surface area contributed by atoms with Crippen LogP contribution < -0.4 is 4.90 Å². The van der Waals surface area contributed by atoms with Gasteiger partial charge >= 0.3 is 0 Å². The molecule has 124 valence electrons. The summed E-state index contributed by atoms with van der Waals surface area (Å²) in [6.45, 7) is 4.97. The summed E-state index contributed by atoms with van der Waals surface area (Å²) in [5.74, 6) is 0.791. The monoisotopic (exact) mass is 321 g/mol. The summed E-state index contributed by atoms with van der Waals surface area (Å²) in [5.41, 5.74) is 3.00. The first-order chi connectivity index (χ1) is 11.7. The van der Waals surface area contributed by atoms with E-state index >= 15 is 0 Å². The van der Waals surface area contributed by atoms with Gasteiger partial charge in [0.15, 0.2) is 0 Å². The number of piperidine rings is 1. The van der Waals surface area contributed by atoms with E-state index < -0.39 is 0 Å². The van der Waals surface area contributed by atoms with Crippen LogP contribution in [0, 0.1) is 18.3 Å². The molecule has 0 radical (unpaired) electrons. The van der Waals surface area contributed by atoms with Crippen LogP contribution in [-0.2, 0) is 6.54 Å². The van der Waals surface area contributed by atoms with E-state index in [-0.39, 0.29) is 0 Å². The second-order valence-electron chi connectivity index (χ2n) is 6.51. The Labute approximate surface area is 143 Å². The van der Waals surface area contributed by atoms with Crippen LogP contribution in [0.1, 0.15) is 29.5 Å². The van der Waals surface area contributed by atoms with E-state index in [9.17, 15) is 0 Å². The molecule has 1 aromatic carbocycles. The summed E-state index contributed by atoms with van der Waals surface area (Å²) in [4.78, 5) is 13.5. The number of benzene rings is 1. The Morgan fingerprint density at radius 2 is 2.12 bits per heavy atom. The van der Waals surface area contributed by atoms with Gasteiger partial charge < -0.3 is 4.90 Å². The Morgan fingerprint density at radius 1 is 1.33 bits per heavy atom. The Hall–Kier alpha value is -2.45. The number of likely N-dealkylation sites (tertiary alicyclic amines) is 1. The smallest absolute Gasteiger partial charge is 0.225 e. The molecule has 1 fully saturated rings. The first-order valence-electron chi connectivity index (χ1n) is 8.38. The zero-order chi connectivity index (χ0) is 16.9. The van der Waals surface area contributed by atoms with E-state index in [0.717, 1.165) is 43.1 Å². The standard InChI is InChI=1S/C19H23N5/c1-15-11-21-19(22-12-15)23(2)18-7-4-8-24(14-18)13-17-6-3-5-16(9-17)10-20/h3,5-6,9,11-12,18H,4,7-8,13-14H2,1-2H3. The molecule has 3 rings (SSSR count). The molecule has 5 heteroatoms. The molecule has 1 unspecified atom stereocenters. The van der Waals surface area contributed by atoms with Gasteiger partial charge in [0.1, 0.15) is 0 Å². The van der Waals surface area contributed by atoms with Crippen LogP contribution >= 0.6 is 0 Å². The van der Waals surface area contributed by atoms with Crippen LogP contribution in [0.15, 0.2) is 36.7 Å². The first-order valence-corrected chi connectivity index (χ1v) is 8.38. The van der Waals surface area contributed by atoms with Crippen molar-refractivity contribution in [1.29, 1.82) is 5.26 Å². The van der Waals surface area contributed by atoms with Crippen molar-refractivity contribution >= 4 is 5.95 Å². The van der Waals surface area contributed by atoms with Gasteiger partial charge in [-0.25, -0.2) is 9.97 Å². The van der Waals surface area contributed by atoms with Gasteiger partial charge in [0, 0.05) is 38.6 Å². The number of likely N-dealkylation sites (N-methyl/N-ethyl adjacent to an activating group) is 1. The average Bonchev–Trinajstić information content (AvgIpc) is 2.62. The molecule has 1 atom stereocenters. The van der Waals surface area contributed by atoms with E-state index in [1.165, 1.54) is 12.0 Å². The highest BCUT2D eigenvalue weighted by Crippen LogP contribution is 2.20. The number of aryl methyl sites for hydroxylation is 1. The van der Waals surface area contributed by atoms with Crippen molar-refractivity contribution in [3.8, 4) is 6.07 Å². The molecule has 1 aliphatic heterocycles. The minimum atomic E-state index is 0.417. The predicted octanol–water partition coefficient (Wildman–Crippen LogP) is 2.76. The summed E-state index contributed by atoms with van der Waals surface area (Å²) < 4.78 is 0. The van der Waals surface area contributed by atoms with Crippen molar-refractivity contribution in [3.05, 3.63) is 53.3 Å². The third-order valence-corrected chi connectivity index (χ3v) is 4.57. The van der Waals surface area contributed by atoms with Crippen LogP contribution in [0.3, 0.4) is 0 Å². The fraction of sp³-hybridized carbons (Fsp3) is 0.421. The maximum absolute atomic E-state index is 9.04. The number of aromatic nitrogens is 2. The van der Waals surface area contributed by atoms with Crippen LogP contribution in [0.4, 0.5) is 5.95 Å².